The average molecular weight is 299 g/mol. The van der Waals surface area contributed by atoms with Gasteiger partial charge in [-0.05, 0) is 12.5 Å². The summed E-state index contributed by atoms with van der Waals surface area (Å²) in [4.78, 5) is 22.7. The Balaban J connectivity index is 2.73. The van der Waals surface area contributed by atoms with Gasteiger partial charge in [0, 0.05) is 11.6 Å². The molecule has 0 aliphatic heterocycles. The van der Waals surface area contributed by atoms with Crippen LogP contribution in [0.1, 0.15) is 31.4 Å². The van der Waals surface area contributed by atoms with Crippen LogP contribution in [0.3, 0.4) is 0 Å². The number of carbonyl (C=O) groups excluding carboxylic acids is 2. The van der Waals surface area contributed by atoms with Gasteiger partial charge in [-0.25, -0.2) is 8.78 Å². The number of nitrogens with one attached hydrogen (secondary N) is 2. The standard InChI is InChI=1S/C14H19F2N3O2/c1-2-3-12(10-5-4-9(15)6-11(10)16)19-14(21)8-18-13(20)7-17/h4-6,12H,2-3,7-8,17H2,1H3,(H,18,20)(H,19,21). The molecule has 21 heavy (non-hydrogen) atoms. The third-order valence-electron chi connectivity index (χ3n) is 2.88. The van der Waals surface area contributed by atoms with Crippen LogP contribution in [0, 0.1) is 11.6 Å². The summed E-state index contributed by atoms with van der Waals surface area (Å²) in [5, 5.41) is 4.94. The molecule has 0 saturated heterocycles. The topological polar surface area (TPSA) is 84.2 Å². The fraction of sp³-hybridized carbons (Fsp3) is 0.429. The summed E-state index contributed by atoms with van der Waals surface area (Å²) in [6.45, 7) is 1.44. The van der Waals surface area contributed by atoms with E-state index in [-0.39, 0.29) is 18.7 Å². The van der Waals surface area contributed by atoms with Crippen molar-refractivity contribution in [2.24, 2.45) is 5.73 Å². The fourth-order valence-electron chi connectivity index (χ4n) is 1.87. The Morgan fingerprint density at radius 3 is 2.57 bits per heavy atom. The molecule has 0 aliphatic rings. The molecule has 0 aromatic heterocycles. The molecule has 5 nitrogen and oxygen atoms in total. The Labute approximate surface area is 121 Å². The van der Waals surface area contributed by atoms with Crippen LogP contribution in [0.5, 0.6) is 0 Å². The van der Waals surface area contributed by atoms with E-state index in [1.807, 2.05) is 6.92 Å². The second kappa shape index (κ2) is 8.31. The molecule has 7 heteroatoms. The highest BCUT2D eigenvalue weighted by Crippen LogP contribution is 2.22. The minimum atomic E-state index is -0.709. The van der Waals surface area contributed by atoms with Crippen LogP contribution in [0.4, 0.5) is 8.78 Å². The molecule has 1 aromatic carbocycles. The maximum atomic E-state index is 13.8. The molecule has 0 fully saturated rings. The molecule has 0 bridgehead atoms. The van der Waals surface area contributed by atoms with E-state index in [1.165, 1.54) is 6.07 Å². The minimum Gasteiger partial charge on any atom is -0.348 e. The van der Waals surface area contributed by atoms with E-state index in [1.54, 1.807) is 0 Å². The highest BCUT2D eigenvalue weighted by molar-refractivity contribution is 5.85. The normalized spacial score (nSPS) is 11.8. The van der Waals surface area contributed by atoms with Gasteiger partial charge in [0.2, 0.25) is 11.8 Å². The quantitative estimate of drug-likeness (QED) is 0.702. The maximum absolute atomic E-state index is 13.8. The maximum Gasteiger partial charge on any atom is 0.239 e. The molecule has 116 valence electrons. The van der Waals surface area contributed by atoms with Gasteiger partial charge in [0.25, 0.3) is 0 Å². The number of carbonyl (C=O) groups is 2. The van der Waals surface area contributed by atoms with Crippen LogP contribution >= 0.6 is 0 Å². The molecule has 0 spiro atoms. The summed E-state index contributed by atoms with van der Waals surface area (Å²) in [5.74, 6) is -2.29. The first-order chi connectivity index (χ1) is 9.97. The van der Waals surface area contributed by atoms with Crippen LogP contribution in [-0.4, -0.2) is 24.9 Å². The predicted molar refractivity (Wildman–Crippen MR) is 74.2 cm³/mol. The van der Waals surface area contributed by atoms with Crippen LogP contribution < -0.4 is 16.4 Å². The van der Waals surface area contributed by atoms with E-state index >= 15 is 0 Å². The minimum absolute atomic E-state index is 0.210. The number of hydrogen-bond donors (Lipinski definition) is 3. The van der Waals surface area contributed by atoms with Gasteiger partial charge in [0.15, 0.2) is 0 Å². The van der Waals surface area contributed by atoms with E-state index in [0.29, 0.717) is 12.8 Å². The largest absolute Gasteiger partial charge is 0.348 e. The average Bonchev–Trinajstić information content (AvgIpc) is 2.44. The molecule has 1 rings (SSSR count). The summed E-state index contributed by atoms with van der Waals surface area (Å²) < 4.78 is 26.7. The summed E-state index contributed by atoms with van der Waals surface area (Å²) in [5.41, 5.74) is 5.32. The van der Waals surface area contributed by atoms with Crippen molar-refractivity contribution in [1.29, 1.82) is 0 Å². The molecule has 0 heterocycles. The molecule has 0 saturated carbocycles. The van der Waals surface area contributed by atoms with Gasteiger partial charge >= 0.3 is 0 Å². The van der Waals surface area contributed by atoms with Crippen molar-refractivity contribution in [1.82, 2.24) is 10.6 Å². The number of hydrogen-bond acceptors (Lipinski definition) is 3. The van der Waals surface area contributed by atoms with Crippen molar-refractivity contribution in [3.05, 3.63) is 35.4 Å². The van der Waals surface area contributed by atoms with Crippen molar-refractivity contribution in [2.45, 2.75) is 25.8 Å². The monoisotopic (exact) mass is 299 g/mol. The molecule has 4 N–H and O–H groups in total. The molecular weight excluding hydrogens is 280 g/mol. The lowest BCUT2D eigenvalue weighted by molar-refractivity contribution is -0.125. The fourth-order valence-corrected chi connectivity index (χ4v) is 1.87. The molecular formula is C14H19F2N3O2. The smallest absolute Gasteiger partial charge is 0.239 e. The Hall–Kier alpha value is -2.02. The lowest BCUT2D eigenvalue weighted by Crippen LogP contribution is -2.40. The molecule has 1 atom stereocenters. The Morgan fingerprint density at radius 2 is 2.00 bits per heavy atom. The van der Waals surface area contributed by atoms with Gasteiger partial charge in [-0.3, -0.25) is 9.59 Å². The Morgan fingerprint density at radius 1 is 1.29 bits per heavy atom. The molecule has 0 radical (unpaired) electrons. The Bertz CT molecular complexity index is 509. The van der Waals surface area contributed by atoms with Crippen LogP contribution in [0.15, 0.2) is 18.2 Å². The third kappa shape index (κ3) is 5.47. The van der Waals surface area contributed by atoms with Crippen molar-refractivity contribution < 1.29 is 18.4 Å². The van der Waals surface area contributed by atoms with Gasteiger partial charge in [-0.15, -0.1) is 0 Å². The van der Waals surface area contributed by atoms with E-state index < -0.39 is 29.5 Å². The van der Waals surface area contributed by atoms with E-state index in [9.17, 15) is 18.4 Å². The summed E-state index contributed by atoms with van der Waals surface area (Å²) in [7, 11) is 0. The SMILES string of the molecule is CCCC(NC(=O)CNC(=O)CN)c1ccc(F)cc1F. The number of rotatable bonds is 7. The van der Waals surface area contributed by atoms with Crippen LogP contribution in [-0.2, 0) is 9.59 Å². The number of benzene rings is 1. The second-order valence-corrected chi connectivity index (χ2v) is 4.56. The highest BCUT2D eigenvalue weighted by Gasteiger charge is 2.18. The van der Waals surface area contributed by atoms with Crippen molar-refractivity contribution in [3.8, 4) is 0 Å². The van der Waals surface area contributed by atoms with Crippen molar-refractivity contribution in [2.75, 3.05) is 13.1 Å². The van der Waals surface area contributed by atoms with Crippen molar-refractivity contribution in [3.63, 3.8) is 0 Å². The van der Waals surface area contributed by atoms with Gasteiger partial charge < -0.3 is 16.4 Å². The summed E-state index contributed by atoms with van der Waals surface area (Å²) in [6.07, 6.45) is 1.20. The molecule has 1 aromatic rings. The zero-order valence-electron chi connectivity index (χ0n) is 11.8. The van der Waals surface area contributed by atoms with Crippen molar-refractivity contribution >= 4 is 11.8 Å². The van der Waals surface area contributed by atoms with Crippen LogP contribution in [0.25, 0.3) is 0 Å². The van der Waals surface area contributed by atoms with Gasteiger partial charge in [-0.2, -0.15) is 0 Å². The van der Waals surface area contributed by atoms with E-state index in [4.69, 9.17) is 5.73 Å². The summed E-state index contributed by atoms with van der Waals surface area (Å²) in [6, 6.07) is 2.66. The zero-order valence-corrected chi connectivity index (χ0v) is 11.8. The first-order valence-electron chi connectivity index (χ1n) is 6.69. The highest BCUT2D eigenvalue weighted by atomic mass is 19.1. The second-order valence-electron chi connectivity index (χ2n) is 4.56. The predicted octanol–water partition coefficient (Wildman–Crippen LogP) is 0.997. The van der Waals surface area contributed by atoms with Gasteiger partial charge in [0.05, 0.1) is 19.1 Å². The van der Waals surface area contributed by atoms with Crippen LogP contribution in [0.2, 0.25) is 0 Å². The Kier molecular flexibility index (Phi) is 6.74. The van der Waals surface area contributed by atoms with E-state index in [0.717, 1.165) is 12.1 Å². The summed E-state index contributed by atoms with van der Waals surface area (Å²) >= 11 is 0. The first kappa shape index (κ1) is 17.0. The lowest BCUT2D eigenvalue weighted by atomic mass is 10.0. The van der Waals surface area contributed by atoms with Gasteiger partial charge in [-0.1, -0.05) is 19.4 Å². The number of halogens is 2. The lowest BCUT2D eigenvalue weighted by Gasteiger charge is -2.19. The molecule has 2 amide bonds. The number of amides is 2. The molecule has 1 unspecified atom stereocenters. The van der Waals surface area contributed by atoms with Gasteiger partial charge in [0.1, 0.15) is 11.6 Å². The van der Waals surface area contributed by atoms with E-state index in [2.05, 4.69) is 10.6 Å². The third-order valence-corrected chi connectivity index (χ3v) is 2.88. The first-order valence-corrected chi connectivity index (χ1v) is 6.69. The molecule has 0 aliphatic carbocycles. The number of nitrogens with two attached hydrogens (primary N) is 1. The zero-order chi connectivity index (χ0) is 15.8.